The Morgan fingerprint density at radius 2 is 2.18 bits per heavy atom. The van der Waals surface area contributed by atoms with Crippen molar-refractivity contribution in [3.05, 3.63) is 18.7 Å². The van der Waals surface area contributed by atoms with Gasteiger partial charge in [-0.1, -0.05) is 0 Å². The largest absolute Gasteiger partial charge is 0.394 e. The summed E-state index contributed by atoms with van der Waals surface area (Å²) in [5.41, 5.74) is 1.35. The molecule has 5 rings (SSSR count). The van der Waals surface area contributed by atoms with Crippen LogP contribution in [0.25, 0.3) is 17.1 Å². The molecule has 0 aromatic carbocycles. The number of carbonyl (C=O) groups excluding carboxylic acids is 1. The first-order chi connectivity index (χ1) is 16.5. The van der Waals surface area contributed by atoms with Gasteiger partial charge in [0.2, 0.25) is 6.41 Å². The fourth-order valence-electron chi connectivity index (χ4n) is 4.13. The Bertz CT molecular complexity index is 1160. The monoisotopic (exact) mass is 474 g/mol. The van der Waals surface area contributed by atoms with E-state index in [1.54, 1.807) is 6.20 Å². The van der Waals surface area contributed by atoms with Crippen LogP contribution in [0.1, 0.15) is 19.6 Å². The van der Waals surface area contributed by atoms with Crippen LogP contribution in [0.4, 0.5) is 11.5 Å². The van der Waals surface area contributed by atoms with E-state index in [1.165, 1.54) is 26.7 Å². The van der Waals surface area contributed by atoms with E-state index in [9.17, 15) is 20.1 Å². The molecule has 0 saturated carbocycles. The first-order valence-electron chi connectivity index (χ1n) is 11.0. The smallest absolute Gasteiger partial charge is 0.254 e. The highest BCUT2D eigenvalue weighted by atomic mass is 16.6. The number of rotatable bonds is 8. The second kappa shape index (κ2) is 9.23. The van der Waals surface area contributed by atoms with Crippen molar-refractivity contribution in [3.63, 3.8) is 0 Å². The number of hydrogen-bond donors (Lipinski definition) is 4. The molecule has 0 spiro atoms. The standard InChI is InChI=1S/C20H26N8O6/c1-2-26(10-30)12-5-22-28(6-12)20-24-17(23-11-3-4-33-8-11)14-18(25-20)27(9-21-14)19-16(32)15(31)13(7-29)34-19/h5-6,9-11,13,15-16,19,29,31-32H,2-4,7-8H2,1H3,(H,23,24,25)/t11-,13-,15-,16-,19-/m1/s1. The minimum atomic E-state index is -1.30. The molecule has 0 aliphatic carbocycles. The predicted molar refractivity (Wildman–Crippen MR) is 117 cm³/mol. The van der Waals surface area contributed by atoms with Crippen molar-refractivity contribution in [2.75, 3.05) is 36.6 Å². The Hall–Kier alpha value is -3.17. The number of anilines is 2. The summed E-state index contributed by atoms with van der Waals surface area (Å²) in [6.45, 7) is 3.03. The Morgan fingerprint density at radius 1 is 1.32 bits per heavy atom. The van der Waals surface area contributed by atoms with Crippen LogP contribution in [0.3, 0.4) is 0 Å². The zero-order valence-electron chi connectivity index (χ0n) is 18.4. The van der Waals surface area contributed by atoms with Gasteiger partial charge in [-0.25, -0.2) is 9.67 Å². The molecule has 14 heteroatoms. The maximum absolute atomic E-state index is 11.3. The number of carbonyl (C=O) groups is 1. The fraction of sp³-hybridized carbons (Fsp3) is 0.550. The van der Waals surface area contributed by atoms with Crippen molar-refractivity contribution in [2.24, 2.45) is 0 Å². The summed E-state index contributed by atoms with van der Waals surface area (Å²) >= 11 is 0. The third kappa shape index (κ3) is 3.88. The Kier molecular flexibility index (Phi) is 6.14. The van der Waals surface area contributed by atoms with Gasteiger partial charge in [0.1, 0.15) is 18.3 Å². The van der Waals surface area contributed by atoms with E-state index in [4.69, 9.17) is 9.47 Å². The van der Waals surface area contributed by atoms with Crippen LogP contribution >= 0.6 is 0 Å². The number of aliphatic hydroxyl groups is 3. The maximum atomic E-state index is 11.3. The molecule has 2 aliphatic rings. The van der Waals surface area contributed by atoms with E-state index in [0.29, 0.717) is 42.4 Å². The zero-order chi connectivity index (χ0) is 23.8. The van der Waals surface area contributed by atoms with Crippen molar-refractivity contribution in [2.45, 2.75) is 43.9 Å². The second-order valence-electron chi connectivity index (χ2n) is 8.16. The van der Waals surface area contributed by atoms with Crippen LogP contribution in [0.15, 0.2) is 18.7 Å². The summed E-state index contributed by atoms with van der Waals surface area (Å²) in [6.07, 6.45) is 1.61. The lowest BCUT2D eigenvalue weighted by molar-refractivity contribution is -0.107. The first-order valence-corrected chi connectivity index (χ1v) is 11.0. The van der Waals surface area contributed by atoms with E-state index >= 15 is 0 Å². The molecule has 2 fully saturated rings. The second-order valence-corrected chi connectivity index (χ2v) is 8.16. The number of aromatic nitrogens is 6. The van der Waals surface area contributed by atoms with Crippen LogP contribution in [-0.2, 0) is 14.3 Å². The number of nitrogens with one attached hydrogen (secondary N) is 1. The molecule has 5 heterocycles. The molecule has 14 nitrogen and oxygen atoms in total. The number of amides is 1. The zero-order valence-corrected chi connectivity index (χ0v) is 18.4. The molecule has 5 atom stereocenters. The summed E-state index contributed by atoms with van der Waals surface area (Å²) in [7, 11) is 0. The highest BCUT2D eigenvalue weighted by Crippen LogP contribution is 2.33. The highest BCUT2D eigenvalue weighted by molar-refractivity contribution is 5.84. The van der Waals surface area contributed by atoms with Crippen LogP contribution in [0.2, 0.25) is 0 Å². The number of nitrogens with zero attached hydrogens (tertiary/aromatic N) is 7. The lowest BCUT2D eigenvalue weighted by Crippen LogP contribution is -2.33. The normalized spacial score (nSPS) is 26.9. The molecule has 34 heavy (non-hydrogen) atoms. The first kappa shape index (κ1) is 22.6. The van der Waals surface area contributed by atoms with E-state index in [2.05, 4.69) is 25.4 Å². The van der Waals surface area contributed by atoms with Gasteiger partial charge in [0.05, 0.1) is 43.7 Å². The van der Waals surface area contributed by atoms with Crippen molar-refractivity contribution >= 4 is 29.1 Å². The summed E-state index contributed by atoms with van der Waals surface area (Å²) in [6, 6.07) is 0.0313. The number of hydrogen-bond acceptors (Lipinski definition) is 11. The van der Waals surface area contributed by atoms with Gasteiger partial charge in [0, 0.05) is 13.2 Å². The molecule has 0 bridgehead atoms. The fourth-order valence-corrected chi connectivity index (χ4v) is 4.13. The summed E-state index contributed by atoms with van der Waals surface area (Å²) in [4.78, 5) is 26.4. The SMILES string of the molecule is CCN(C=O)c1cnn(-c2nc(N[C@@H]3CCOC3)c3ncn([C@@H]4O[C@H](CO)[C@@H](O)[C@H]4O)c3n2)c1. The Morgan fingerprint density at radius 3 is 2.85 bits per heavy atom. The van der Waals surface area contributed by atoms with Gasteiger partial charge < -0.3 is 35.0 Å². The van der Waals surface area contributed by atoms with Gasteiger partial charge in [-0.2, -0.15) is 15.1 Å². The van der Waals surface area contributed by atoms with Crippen molar-refractivity contribution in [3.8, 4) is 5.95 Å². The number of ether oxygens (including phenoxy) is 2. The third-order valence-corrected chi connectivity index (χ3v) is 6.04. The van der Waals surface area contributed by atoms with E-state index < -0.39 is 31.1 Å². The minimum absolute atomic E-state index is 0.0313. The molecular weight excluding hydrogens is 448 g/mol. The van der Waals surface area contributed by atoms with Crippen molar-refractivity contribution in [1.82, 2.24) is 29.3 Å². The van der Waals surface area contributed by atoms with Crippen LogP contribution < -0.4 is 10.2 Å². The minimum Gasteiger partial charge on any atom is -0.394 e. The van der Waals surface area contributed by atoms with Gasteiger partial charge >= 0.3 is 0 Å². The molecular formula is C20H26N8O6. The molecule has 4 N–H and O–H groups in total. The molecule has 1 amide bonds. The Labute approximate surface area is 193 Å². The molecule has 2 aliphatic heterocycles. The van der Waals surface area contributed by atoms with Gasteiger partial charge in [-0.3, -0.25) is 9.36 Å². The summed E-state index contributed by atoms with van der Waals surface area (Å²) in [5.74, 6) is 0.649. The Balaban J connectivity index is 1.59. The molecule has 182 valence electrons. The van der Waals surface area contributed by atoms with Crippen LogP contribution in [0.5, 0.6) is 0 Å². The van der Waals surface area contributed by atoms with Gasteiger partial charge in [-0.05, 0) is 13.3 Å². The average molecular weight is 474 g/mol. The van der Waals surface area contributed by atoms with E-state index in [1.807, 2.05) is 6.92 Å². The van der Waals surface area contributed by atoms with Crippen LogP contribution in [0, 0.1) is 0 Å². The van der Waals surface area contributed by atoms with Crippen LogP contribution in [-0.4, -0.2) is 102 Å². The quantitative estimate of drug-likeness (QED) is 0.289. The van der Waals surface area contributed by atoms with Crippen molar-refractivity contribution in [1.29, 1.82) is 0 Å². The van der Waals surface area contributed by atoms with Gasteiger partial charge in [0.25, 0.3) is 5.95 Å². The van der Waals surface area contributed by atoms with E-state index in [0.717, 1.165) is 12.8 Å². The summed E-state index contributed by atoms with van der Waals surface area (Å²) < 4.78 is 14.1. The van der Waals surface area contributed by atoms with E-state index in [-0.39, 0.29) is 12.0 Å². The molecule has 3 aromatic rings. The van der Waals surface area contributed by atoms with Crippen molar-refractivity contribution < 1.29 is 29.6 Å². The molecule has 0 unspecified atom stereocenters. The third-order valence-electron chi connectivity index (χ3n) is 6.04. The summed E-state index contributed by atoms with van der Waals surface area (Å²) in [5, 5.41) is 37.8. The number of imidazole rings is 1. The topological polar surface area (TPSA) is 173 Å². The lowest BCUT2D eigenvalue weighted by Gasteiger charge is -2.17. The molecule has 2 saturated heterocycles. The van der Waals surface area contributed by atoms with Gasteiger partial charge in [-0.15, -0.1) is 0 Å². The van der Waals surface area contributed by atoms with Gasteiger partial charge in [0.15, 0.2) is 23.2 Å². The number of aliphatic hydroxyl groups excluding tert-OH is 3. The number of fused-ring (bicyclic) bond motifs is 1. The maximum Gasteiger partial charge on any atom is 0.254 e. The lowest BCUT2D eigenvalue weighted by atomic mass is 10.1. The molecule has 3 aromatic heterocycles. The molecule has 0 radical (unpaired) electrons. The highest BCUT2D eigenvalue weighted by Gasteiger charge is 2.44. The average Bonchev–Trinajstić information content (AvgIpc) is 3.64. The predicted octanol–water partition coefficient (Wildman–Crippen LogP) is -1.19.